The van der Waals surface area contributed by atoms with Crippen molar-refractivity contribution in [1.29, 1.82) is 0 Å². The van der Waals surface area contributed by atoms with Crippen LogP contribution in [0.1, 0.15) is 49.4 Å². The van der Waals surface area contributed by atoms with Crippen LogP contribution in [0.3, 0.4) is 0 Å². The number of para-hydroxylation sites is 1. The molecule has 0 saturated heterocycles. The molecule has 0 spiro atoms. The van der Waals surface area contributed by atoms with Gasteiger partial charge < -0.3 is 0 Å². The molecule has 0 bridgehead atoms. The van der Waals surface area contributed by atoms with Gasteiger partial charge in [-0.3, -0.25) is 9.78 Å². The third kappa shape index (κ3) is 2.60. The van der Waals surface area contributed by atoms with Crippen LogP contribution in [0.5, 0.6) is 0 Å². The van der Waals surface area contributed by atoms with E-state index in [0.29, 0.717) is 5.78 Å². The second-order valence-electron chi connectivity index (χ2n) is 5.92. The van der Waals surface area contributed by atoms with E-state index in [0.717, 1.165) is 35.2 Å². The quantitative estimate of drug-likeness (QED) is 0.759. The van der Waals surface area contributed by atoms with Crippen molar-refractivity contribution >= 4 is 16.7 Å². The Morgan fingerprint density at radius 2 is 2.15 bits per heavy atom. The zero-order valence-electron chi connectivity index (χ0n) is 12.0. The zero-order valence-corrected chi connectivity index (χ0v) is 12.0. The number of benzene rings is 1. The summed E-state index contributed by atoms with van der Waals surface area (Å²) in [6, 6.07) is 9.97. The predicted molar refractivity (Wildman–Crippen MR) is 81.8 cm³/mol. The third-order valence-corrected chi connectivity index (χ3v) is 4.61. The molecule has 1 saturated carbocycles. The van der Waals surface area contributed by atoms with E-state index in [4.69, 9.17) is 0 Å². The number of rotatable bonds is 3. The molecule has 2 atom stereocenters. The summed E-state index contributed by atoms with van der Waals surface area (Å²) in [5, 5.41) is 1.06. The smallest absolute Gasteiger partial charge is 0.167 e. The molecule has 0 radical (unpaired) electrons. The number of carbonyl (C=O) groups is 1. The van der Waals surface area contributed by atoms with Crippen LogP contribution in [0, 0.1) is 11.8 Å². The van der Waals surface area contributed by atoms with Gasteiger partial charge in [0.05, 0.1) is 5.52 Å². The lowest BCUT2D eigenvalue weighted by molar-refractivity contribution is 0.0862. The molecule has 0 amide bonds. The van der Waals surface area contributed by atoms with Gasteiger partial charge in [-0.05, 0) is 30.9 Å². The molecular weight excluding hydrogens is 246 g/mol. The van der Waals surface area contributed by atoms with Gasteiger partial charge in [0.15, 0.2) is 5.78 Å². The lowest BCUT2D eigenvalue weighted by Crippen LogP contribution is -2.23. The average Bonchev–Trinajstić information content (AvgIpc) is 2.53. The van der Waals surface area contributed by atoms with Gasteiger partial charge >= 0.3 is 0 Å². The first kappa shape index (κ1) is 13.3. The van der Waals surface area contributed by atoms with Gasteiger partial charge in [-0.25, -0.2) is 0 Å². The average molecular weight is 267 g/mol. The molecule has 1 aliphatic carbocycles. The highest BCUT2D eigenvalue weighted by molar-refractivity contribution is 6.00. The summed E-state index contributed by atoms with van der Waals surface area (Å²) in [5.41, 5.74) is 1.74. The summed E-state index contributed by atoms with van der Waals surface area (Å²) in [6.45, 7) is 2.23. The van der Waals surface area contributed by atoms with Gasteiger partial charge in [0.1, 0.15) is 0 Å². The molecule has 1 aromatic heterocycles. The highest BCUT2D eigenvalue weighted by Crippen LogP contribution is 2.33. The standard InChI is InChI=1S/C18H21NO/c1-2-13-6-5-8-15(10-13)18(20)16-11-14-7-3-4-9-17(14)19-12-16/h3-4,7,9,11-13,15H,2,5-6,8,10H2,1H3. The van der Waals surface area contributed by atoms with Crippen LogP contribution in [0.2, 0.25) is 0 Å². The van der Waals surface area contributed by atoms with Crippen molar-refractivity contribution in [2.24, 2.45) is 11.8 Å². The van der Waals surface area contributed by atoms with E-state index >= 15 is 0 Å². The highest BCUT2D eigenvalue weighted by Gasteiger charge is 2.27. The maximum absolute atomic E-state index is 12.7. The molecule has 2 heteroatoms. The summed E-state index contributed by atoms with van der Waals surface area (Å²) in [5.74, 6) is 1.23. The Balaban J connectivity index is 1.84. The van der Waals surface area contributed by atoms with Crippen molar-refractivity contribution in [3.8, 4) is 0 Å². The molecule has 1 fully saturated rings. The predicted octanol–water partition coefficient (Wildman–Crippen LogP) is 4.63. The van der Waals surface area contributed by atoms with Crippen LogP contribution in [0.4, 0.5) is 0 Å². The molecule has 1 heterocycles. The first-order valence-corrected chi connectivity index (χ1v) is 7.67. The van der Waals surface area contributed by atoms with Crippen LogP contribution in [0.15, 0.2) is 36.5 Å². The summed E-state index contributed by atoms with van der Waals surface area (Å²) in [7, 11) is 0. The second-order valence-corrected chi connectivity index (χ2v) is 5.92. The monoisotopic (exact) mass is 267 g/mol. The molecule has 0 aliphatic heterocycles. The van der Waals surface area contributed by atoms with E-state index in [9.17, 15) is 4.79 Å². The number of ketones is 1. The lowest BCUT2D eigenvalue weighted by atomic mass is 9.77. The van der Waals surface area contributed by atoms with Crippen LogP contribution in [0.25, 0.3) is 10.9 Å². The van der Waals surface area contributed by atoms with Crippen LogP contribution >= 0.6 is 0 Å². The van der Waals surface area contributed by atoms with Crippen molar-refractivity contribution < 1.29 is 4.79 Å². The van der Waals surface area contributed by atoms with Gasteiger partial charge in [-0.2, -0.15) is 0 Å². The largest absolute Gasteiger partial charge is 0.294 e. The van der Waals surface area contributed by atoms with Crippen LogP contribution < -0.4 is 0 Å². The fourth-order valence-corrected chi connectivity index (χ4v) is 3.34. The zero-order chi connectivity index (χ0) is 13.9. The lowest BCUT2D eigenvalue weighted by Gasteiger charge is -2.27. The van der Waals surface area contributed by atoms with Gasteiger partial charge in [0, 0.05) is 23.1 Å². The Kier molecular flexibility index (Phi) is 3.81. The number of Topliss-reactive ketones (excluding diaryl/α,β-unsaturated/α-hetero) is 1. The molecule has 2 unspecified atom stereocenters. The van der Waals surface area contributed by atoms with Gasteiger partial charge in [-0.1, -0.05) is 44.4 Å². The fraction of sp³-hybridized carbons (Fsp3) is 0.444. The van der Waals surface area contributed by atoms with Gasteiger partial charge in [0.2, 0.25) is 0 Å². The summed E-state index contributed by atoms with van der Waals surface area (Å²) in [6.07, 6.45) is 7.52. The van der Waals surface area contributed by atoms with Crippen molar-refractivity contribution in [3.63, 3.8) is 0 Å². The Hall–Kier alpha value is -1.70. The minimum atomic E-state index is 0.205. The molecule has 1 aromatic carbocycles. The fourth-order valence-electron chi connectivity index (χ4n) is 3.34. The number of hydrogen-bond acceptors (Lipinski definition) is 2. The molecule has 3 rings (SSSR count). The van der Waals surface area contributed by atoms with Crippen LogP contribution in [-0.2, 0) is 0 Å². The normalized spacial score (nSPS) is 22.9. The van der Waals surface area contributed by atoms with Crippen molar-refractivity contribution in [2.75, 3.05) is 0 Å². The number of nitrogens with zero attached hydrogens (tertiary/aromatic N) is 1. The Bertz CT molecular complexity index is 620. The summed E-state index contributed by atoms with van der Waals surface area (Å²) >= 11 is 0. The van der Waals surface area contributed by atoms with E-state index in [1.165, 1.54) is 19.3 Å². The number of carbonyl (C=O) groups excluding carboxylic acids is 1. The number of fused-ring (bicyclic) bond motifs is 1. The maximum Gasteiger partial charge on any atom is 0.167 e. The Morgan fingerprint density at radius 3 is 3.00 bits per heavy atom. The minimum absolute atomic E-state index is 0.205. The van der Waals surface area contributed by atoms with Crippen molar-refractivity contribution in [1.82, 2.24) is 4.98 Å². The van der Waals surface area contributed by atoms with E-state index in [-0.39, 0.29) is 5.92 Å². The third-order valence-electron chi connectivity index (χ3n) is 4.61. The van der Waals surface area contributed by atoms with E-state index in [1.54, 1.807) is 6.20 Å². The highest BCUT2D eigenvalue weighted by atomic mass is 16.1. The van der Waals surface area contributed by atoms with E-state index in [2.05, 4.69) is 11.9 Å². The first-order chi connectivity index (χ1) is 9.78. The topological polar surface area (TPSA) is 30.0 Å². The van der Waals surface area contributed by atoms with Gasteiger partial charge in [0.25, 0.3) is 0 Å². The first-order valence-electron chi connectivity index (χ1n) is 7.67. The number of hydrogen-bond donors (Lipinski definition) is 0. The molecule has 0 N–H and O–H groups in total. The second kappa shape index (κ2) is 5.74. The summed E-state index contributed by atoms with van der Waals surface area (Å²) < 4.78 is 0. The number of pyridine rings is 1. The Morgan fingerprint density at radius 1 is 1.30 bits per heavy atom. The maximum atomic E-state index is 12.7. The minimum Gasteiger partial charge on any atom is -0.294 e. The molecule has 1 aliphatic rings. The van der Waals surface area contributed by atoms with Crippen molar-refractivity contribution in [2.45, 2.75) is 39.0 Å². The van der Waals surface area contributed by atoms with Crippen molar-refractivity contribution in [3.05, 3.63) is 42.1 Å². The molecular formula is C18H21NO. The molecule has 2 nitrogen and oxygen atoms in total. The van der Waals surface area contributed by atoms with Gasteiger partial charge in [-0.15, -0.1) is 0 Å². The number of aromatic nitrogens is 1. The SMILES string of the molecule is CCC1CCCC(C(=O)c2cnc3ccccc3c2)C1. The van der Waals surface area contributed by atoms with Crippen LogP contribution in [-0.4, -0.2) is 10.8 Å². The van der Waals surface area contributed by atoms with E-state index < -0.39 is 0 Å². The molecule has 104 valence electrons. The molecule has 20 heavy (non-hydrogen) atoms. The molecule has 2 aromatic rings. The van der Waals surface area contributed by atoms with E-state index in [1.807, 2.05) is 30.3 Å². The Labute approximate surface area is 120 Å². The summed E-state index contributed by atoms with van der Waals surface area (Å²) in [4.78, 5) is 17.1.